The number of methoxy groups -OCH3 is 1. The quantitative estimate of drug-likeness (QED) is 0.204. The van der Waals surface area contributed by atoms with Crippen LogP contribution in [0.2, 0.25) is 0 Å². The van der Waals surface area contributed by atoms with Crippen LogP contribution in [0.3, 0.4) is 0 Å². The van der Waals surface area contributed by atoms with Crippen LogP contribution in [0.5, 0.6) is 0 Å². The van der Waals surface area contributed by atoms with Crippen LogP contribution in [0.15, 0.2) is 4.99 Å². The number of aliphatic imine (C=N–C) groups is 1. The molecule has 0 bridgehead atoms. The molecular weight excluding hydrogens is 441 g/mol. The second-order valence-electron chi connectivity index (χ2n) is 6.23. The second kappa shape index (κ2) is 13.9. The number of alkyl carbamates (subject to hydrolysis) is 1. The topological polar surface area (TPSA) is 104 Å². The summed E-state index contributed by atoms with van der Waals surface area (Å²) in [7, 11) is 4.95. The van der Waals surface area contributed by atoms with Gasteiger partial charge in [-0.1, -0.05) is 0 Å². The fourth-order valence-electron chi connectivity index (χ4n) is 1.39. The Balaban J connectivity index is 0. The molecule has 0 rings (SSSR count). The second-order valence-corrected chi connectivity index (χ2v) is 6.23. The monoisotopic (exact) mass is 473 g/mol. The first-order valence-corrected chi connectivity index (χ1v) is 7.84. The van der Waals surface area contributed by atoms with Crippen LogP contribution in [0, 0.1) is 0 Å². The largest absolute Gasteiger partial charge is 0.444 e. The van der Waals surface area contributed by atoms with Crippen LogP contribution in [-0.4, -0.2) is 82.5 Å². The third kappa shape index (κ3) is 15.9. The molecular formula is C15H32IN5O4. The minimum Gasteiger partial charge on any atom is -0.444 e. The SMILES string of the molecule is COCCNC(=NCC(=O)N(C)C)NCCNC(=O)OC(C)(C)C.I. The van der Waals surface area contributed by atoms with Crippen LogP contribution >= 0.6 is 24.0 Å². The average molecular weight is 473 g/mol. The molecule has 0 aromatic carbocycles. The summed E-state index contributed by atoms with van der Waals surface area (Å²) in [5, 5.41) is 8.71. The van der Waals surface area contributed by atoms with Gasteiger partial charge in [0.25, 0.3) is 0 Å². The summed E-state index contributed by atoms with van der Waals surface area (Å²) in [5.74, 6) is 0.378. The molecule has 0 saturated carbocycles. The third-order valence-corrected chi connectivity index (χ3v) is 2.56. The molecule has 0 aliphatic heterocycles. The lowest BCUT2D eigenvalue weighted by Gasteiger charge is -2.20. The zero-order valence-electron chi connectivity index (χ0n) is 16.0. The molecule has 0 aliphatic carbocycles. The van der Waals surface area contributed by atoms with Gasteiger partial charge in [-0.2, -0.15) is 0 Å². The standard InChI is InChI=1S/C15H31N5O4.HI/c1-15(2,3)24-14(22)18-8-7-16-13(17-9-10-23-6)19-11-12(21)20(4)5;/h7-11H2,1-6H3,(H,18,22)(H2,16,17,19);1H. The van der Waals surface area contributed by atoms with Crippen LogP contribution < -0.4 is 16.0 Å². The van der Waals surface area contributed by atoms with Gasteiger partial charge in [-0.3, -0.25) is 4.79 Å². The molecule has 3 N–H and O–H groups in total. The summed E-state index contributed by atoms with van der Waals surface area (Å²) in [6, 6.07) is 0. The Hall–Kier alpha value is -1.30. The number of amides is 2. The maximum atomic E-state index is 11.6. The number of carbonyl (C=O) groups excluding carboxylic acids is 2. The molecule has 25 heavy (non-hydrogen) atoms. The Labute approximate surface area is 167 Å². The zero-order chi connectivity index (χ0) is 18.6. The molecule has 10 heteroatoms. The van der Waals surface area contributed by atoms with Gasteiger partial charge in [-0.05, 0) is 20.8 Å². The van der Waals surface area contributed by atoms with Gasteiger partial charge in [0.1, 0.15) is 12.1 Å². The molecule has 9 nitrogen and oxygen atoms in total. The van der Waals surface area contributed by atoms with Gasteiger partial charge < -0.3 is 30.3 Å². The normalized spacial score (nSPS) is 11.2. The van der Waals surface area contributed by atoms with Crippen molar-refractivity contribution >= 4 is 41.9 Å². The summed E-state index contributed by atoms with van der Waals surface area (Å²) in [6.45, 7) is 7.31. The number of rotatable bonds is 8. The first kappa shape index (κ1) is 25.9. The van der Waals surface area contributed by atoms with E-state index in [0.717, 1.165) is 0 Å². The maximum Gasteiger partial charge on any atom is 0.407 e. The highest BCUT2D eigenvalue weighted by Gasteiger charge is 2.15. The summed E-state index contributed by atoms with van der Waals surface area (Å²) in [6.07, 6.45) is -0.474. The molecule has 0 aliphatic rings. The zero-order valence-corrected chi connectivity index (χ0v) is 18.3. The maximum absolute atomic E-state index is 11.6. The van der Waals surface area contributed by atoms with Crippen LogP contribution in [0.25, 0.3) is 0 Å². The van der Waals surface area contributed by atoms with Crippen molar-refractivity contribution in [2.45, 2.75) is 26.4 Å². The Morgan fingerprint density at radius 3 is 2.12 bits per heavy atom. The summed E-state index contributed by atoms with van der Waals surface area (Å²) in [4.78, 5) is 28.8. The van der Waals surface area contributed by atoms with Gasteiger partial charge in [0.15, 0.2) is 5.96 Å². The lowest BCUT2D eigenvalue weighted by molar-refractivity contribution is -0.127. The fourth-order valence-corrected chi connectivity index (χ4v) is 1.39. The number of hydrogen-bond donors (Lipinski definition) is 3. The number of ether oxygens (including phenoxy) is 2. The van der Waals surface area contributed by atoms with Gasteiger partial charge in [-0.15, -0.1) is 24.0 Å². The van der Waals surface area contributed by atoms with Crippen molar-refractivity contribution in [2.75, 3.05) is 54.0 Å². The van der Waals surface area contributed by atoms with Gasteiger partial charge in [0.05, 0.1) is 6.61 Å². The van der Waals surface area contributed by atoms with E-state index in [1.54, 1.807) is 42.0 Å². The first-order valence-electron chi connectivity index (χ1n) is 7.84. The molecule has 0 aromatic heterocycles. The Morgan fingerprint density at radius 2 is 1.60 bits per heavy atom. The number of nitrogens with zero attached hydrogens (tertiary/aromatic N) is 2. The van der Waals surface area contributed by atoms with Crippen molar-refractivity contribution in [3.8, 4) is 0 Å². The van der Waals surface area contributed by atoms with Crippen molar-refractivity contribution in [2.24, 2.45) is 4.99 Å². The molecule has 0 fully saturated rings. The first-order chi connectivity index (χ1) is 11.2. The van der Waals surface area contributed by atoms with Crippen LogP contribution in [0.4, 0.5) is 4.79 Å². The number of nitrogens with one attached hydrogen (secondary N) is 3. The van der Waals surface area contributed by atoms with E-state index in [4.69, 9.17) is 9.47 Å². The Kier molecular flexibility index (Phi) is 14.5. The molecule has 148 valence electrons. The number of hydrogen-bond acceptors (Lipinski definition) is 5. The van der Waals surface area contributed by atoms with Gasteiger partial charge in [0, 0.05) is 40.8 Å². The van der Waals surface area contributed by atoms with Crippen LogP contribution in [-0.2, 0) is 14.3 Å². The van der Waals surface area contributed by atoms with Gasteiger partial charge in [-0.25, -0.2) is 9.79 Å². The van der Waals surface area contributed by atoms with E-state index in [1.807, 2.05) is 0 Å². The molecule has 0 unspecified atom stereocenters. The predicted molar refractivity (Wildman–Crippen MR) is 109 cm³/mol. The molecule has 0 atom stereocenters. The molecule has 2 amide bonds. The molecule has 0 saturated heterocycles. The Morgan fingerprint density at radius 1 is 1.04 bits per heavy atom. The van der Waals surface area contributed by atoms with E-state index in [1.165, 1.54) is 4.90 Å². The lowest BCUT2D eigenvalue weighted by Crippen LogP contribution is -2.43. The summed E-state index contributed by atoms with van der Waals surface area (Å²) >= 11 is 0. The summed E-state index contributed by atoms with van der Waals surface area (Å²) < 4.78 is 10.1. The minimum atomic E-state index is -0.529. The van der Waals surface area contributed by atoms with E-state index < -0.39 is 11.7 Å². The van der Waals surface area contributed by atoms with E-state index in [0.29, 0.717) is 32.2 Å². The Bertz CT molecular complexity index is 425. The summed E-state index contributed by atoms with van der Waals surface area (Å²) in [5.41, 5.74) is -0.529. The third-order valence-electron chi connectivity index (χ3n) is 2.56. The average Bonchev–Trinajstić information content (AvgIpc) is 2.46. The van der Waals surface area contributed by atoms with Crippen molar-refractivity contribution in [3.05, 3.63) is 0 Å². The highest BCUT2D eigenvalue weighted by atomic mass is 127. The van der Waals surface area contributed by atoms with Gasteiger partial charge >= 0.3 is 6.09 Å². The van der Waals surface area contributed by atoms with Crippen LogP contribution in [0.1, 0.15) is 20.8 Å². The van der Waals surface area contributed by atoms with E-state index in [2.05, 4.69) is 20.9 Å². The number of carbonyl (C=O) groups is 2. The minimum absolute atomic E-state index is 0. The smallest absolute Gasteiger partial charge is 0.407 e. The van der Waals surface area contributed by atoms with Crippen molar-refractivity contribution < 1.29 is 19.1 Å². The highest BCUT2D eigenvalue weighted by molar-refractivity contribution is 14.0. The number of halogens is 1. The van der Waals surface area contributed by atoms with Crippen molar-refractivity contribution in [3.63, 3.8) is 0 Å². The van der Waals surface area contributed by atoms with E-state index >= 15 is 0 Å². The molecule has 0 spiro atoms. The fraction of sp³-hybridized carbons (Fsp3) is 0.800. The van der Waals surface area contributed by atoms with E-state index in [9.17, 15) is 9.59 Å². The van der Waals surface area contributed by atoms with Gasteiger partial charge in [0.2, 0.25) is 5.91 Å². The van der Waals surface area contributed by atoms with E-state index in [-0.39, 0.29) is 36.4 Å². The number of guanidine groups is 1. The molecule has 0 aromatic rings. The molecule has 0 radical (unpaired) electrons. The number of likely N-dealkylation sites (N-methyl/N-ethyl adjacent to an activating group) is 1. The molecule has 0 heterocycles. The van der Waals surface area contributed by atoms with Crippen molar-refractivity contribution in [1.29, 1.82) is 0 Å². The lowest BCUT2D eigenvalue weighted by atomic mass is 10.2. The predicted octanol–water partition coefficient (Wildman–Crippen LogP) is 0.399. The highest BCUT2D eigenvalue weighted by Crippen LogP contribution is 2.05. The van der Waals surface area contributed by atoms with Crippen molar-refractivity contribution in [1.82, 2.24) is 20.9 Å².